The molecule has 0 amide bonds. The molecule has 2 nitrogen and oxygen atoms in total. The Kier molecular flexibility index (Phi) is 6.31. The first-order valence-corrected chi connectivity index (χ1v) is 7.25. The van der Waals surface area contributed by atoms with Crippen LogP contribution in [-0.4, -0.2) is 21.3 Å². The second kappa shape index (κ2) is 7.28. The van der Waals surface area contributed by atoms with Crippen LogP contribution in [0.5, 0.6) is 0 Å². The van der Waals surface area contributed by atoms with E-state index in [9.17, 15) is 9.59 Å². The van der Waals surface area contributed by atoms with Gasteiger partial charge < -0.3 is 0 Å². The molecule has 1 aromatic carbocycles. The molecule has 104 valence electrons. The molecule has 0 aliphatic carbocycles. The van der Waals surface area contributed by atoms with Crippen molar-refractivity contribution in [2.45, 2.75) is 35.9 Å². The van der Waals surface area contributed by atoms with E-state index in [1.165, 1.54) is 0 Å². The Morgan fingerprint density at radius 3 is 2.32 bits per heavy atom. The number of hydrogen-bond acceptors (Lipinski definition) is 2. The molecule has 0 saturated heterocycles. The lowest BCUT2D eigenvalue weighted by Crippen LogP contribution is -2.37. The maximum absolute atomic E-state index is 12.1. The minimum atomic E-state index is -1.60. The molecule has 1 rings (SSSR count). The highest BCUT2D eigenvalue weighted by molar-refractivity contribution is 6.63. The molecular formula is C14H15Cl3O2. The fourth-order valence-electron chi connectivity index (χ4n) is 1.58. The number of hydrogen-bond donors (Lipinski definition) is 0. The van der Waals surface area contributed by atoms with E-state index in [0.29, 0.717) is 12.0 Å². The zero-order valence-corrected chi connectivity index (χ0v) is 12.8. The highest BCUT2D eigenvalue weighted by Gasteiger charge is 2.40. The first kappa shape index (κ1) is 16.5. The molecule has 0 bridgehead atoms. The van der Waals surface area contributed by atoms with Gasteiger partial charge in [-0.2, -0.15) is 0 Å². The SMILES string of the molecule is CCCCC(Cl)(Cl)C(=O)C(Cl)C(=O)c1ccccc1. The normalized spacial score (nSPS) is 13.1. The average molecular weight is 322 g/mol. The van der Waals surface area contributed by atoms with Crippen LogP contribution in [0.2, 0.25) is 0 Å². The molecule has 5 heteroatoms. The second-order valence-corrected chi connectivity index (χ2v) is 6.19. The highest BCUT2D eigenvalue weighted by Crippen LogP contribution is 2.32. The van der Waals surface area contributed by atoms with E-state index in [0.717, 1.165) is 6.42 Å². The van der Waals surface area contributed by atoms with Gasteiger partial charge in [0.25, 0.3) is 0 Å². The molecule has 0 spiro atoms. The standard InChI is InChI=1S/C14H15Cl3O2/c1-2-3-9-14(16,17)13(19)11(15)12(18)10-7-5-4-6-8-10/h4-8,11H,2-3,9H2,1H3. The number of unbranched alkanes of at least 4 members (excludes halogenated alkanes) is 1. The van der Waals surface area contributed by atoms with Crippen LogP contribution in [0.1, 0.15) is 36.5 Å². The Labute approximate surface area is 128 Å². The number of carbonyl (C=O) groups is 2. The Morgan fingerprint density at radius 1 is 1.21 bits per heavy atom. The van der Waals surface area contributed by atoms with E-state index < -0.39 is 21.3 Å². The number of halogens is 3. The van der Waals surface area contributed by atoms with Gasteiger partial charge in [0.15, 0.2) is 21.3 Å². The molecule has 19 heavy (non-hydrogen) atoms. The van der Waals surface area contributed by atoms with Gasteiger partial charge in [0.05, 0.1) is 0 Å². The minimum Gasteiger partial charge on any atom is -0.294 e. The monoisotopic (exact) mass is 320 g/mol. The molecule has 1 unspecified atom stereocenters. The third-order valence-corrected chi connectivity index (χ3v) is 3.87. The molecule has 0 N–H and O–H groups in total. The van der Waals surface area contributed by atoms with Crippen molar-refractivity contribution in [2.24, 2.45) is 0 Å². The summed E-state index contributed by atoms with van der Waals surface area (Å²) in [6.07, 6.45) is 1.84. The van der Waals surface area contributed by atoms with E-state index in [4.69, 9.17) is 34.8 Å². The minimum absolute atomic E-state index is 0.288. The molecular weight excluding hydrogens is 307 g/mol. The van der Waals surface area contributed by atoms with Gasteiger partial charge in [0.1, 0.15) is 0 Å². The quantitative estimate of drug-likeness (QED) is 0.423. The summed E-state index contributed by atoms with van der Waals surface area (Å²) in [5, 5.41) is -1.35. The van der Waals surface area contributed by atoms with E-state index in [2.05, 4.69) is 0 Å². The molecule has 0 fully saturated rings. The maximum atomic E-state index is 12.1. The zero-order valence-electron chi connectivity index (χ0n) is 10.5. The molecule has 0 aromatic heterocycles. The lowest BCUT2D eigenvalue weighted by Gasteiger charge is -2.20. The summed E-state index contributed by atoms with van der Waals surface area (Å²) in [6, 6.07) is 8.37. The van der Waals surface area contributed by atoms with Crippen LogP contribution in [0, 0.1) is 0 Å². The third-order valence-electron chi connectivity index (χ3n) is 2.72. The summed E-state index contributed by atoms with van der Waals surface area (Å²) in [5.74, 6) is -1.13. The summed E-state index contributed by atoms with van der Waals surface area (Å²) >= 11 is 17.9. The predicted molar refractivity (Wildman–Crippen MR) is 79.4 cm³/mol. The van der Waals surface area contributed by atoms with Gasteiger partial charge in [-0.25, -0.2) is 0 Å². The van der Waals surface area contributed by atoms with Crippen molar-refractivity contribution in [3.05, 3.63) is 35.9 Å². The molecule has 1 aromatic rings. The van der Waals surface area contributed by atoms with Crippen molar-refractivity contribution in [3.63, 3.8) is 0 Å². The van der Waals surface area contributed by atoms with E-state index >= 15 is 0 Å². The number of ketones is 2. The van der Waals surface area contributed by atoms with Crippen molar-refractivity contribution >= 4 is 46.4 Å². The van der Waals surface area contributed by atoms with Gasteiger partial charge in [0.2, 0.25) is 0 Å². The van der Waals surface area contributed by atoms with Crippen LogP contribution < -0.4 is 0 Å². The zero-order chi connectivity index (χ0) is 14.5. The Hall–Kier alpha value is -0.570. The highest BCUT2D eigenvalue weighted by atomic mass is 35.5. The van der Waals surface area contributed by atoms with Crippen molar-refractivity contribution < 1.29 is 9.59 Å². The summed E-state index contributed by atoms with van der Waals surface area (Å²) < 4.78 is -1.60. The van der Waals surface area contributed by atoms with E-state index in [1.807, 2.05) is 6.92 Å². The van der Waals surface area contributed by atoms with Gasteiger partial charge in [0, 0.05) is 5.56 Å². The van der Waals surface area contributed by atoms with Gasteiger partial charge in [-0.05, 0) is 6.42 Å². The van der Waals surface area contributed by atoms with Crippen LogP contribution in [-0.2, 0) is 4.79 Å². The predicted octanol–water partition coefficient (Wildman–Crippen LogP) is 4.41. The van der Waals surface area contributed by atoms with Crippen LogP contribution in [0.25, 0.3) is 0 Å². The van der Waals surface area contributed by atoms with Gasteiger partial charge in [-0.15, -0.1) is 11.6 Å². The lowest BCUT2D eigenvalue weighted by atomic mass is 10.0. The fourth-order valence-corrected chi connectivity index (χ4v) is 2.48. The largest absolute Gasteiger partial charge is 0.294 e. The van der Waals surface area contributed by atoms with Gasteiger partial charge in [-0.1, -0.05) is 73.3 Å². The third kappa shape index (κ3) is 4.48. The van der Waals surface area contributed by atoms with Crippen molar-refractivity contribution in [1.82, 2.24) is 0 Å². The van der Waals surface area contributed by atoms with Crippen molar-refractivity contribution in [2.75, 3.05) is 0 Å². The van der Waals surface area contributed by atoms with Crippen LogP contribution in [0.15, 0.2) is 30.3 Å². The second-order valence-electron chi connectivity index (χ2n) is 4.27. The number of benzene rings is 1. The Bertz CT molecular complexity index is 443. The van der Waals surface area contributed by atoms with Crippen LogP contribution in [0.3, 0.4) is 0 Å². The Morgan fingerprint density at radius 2 is 1.79 bits per heavy atom. The Balaban J connectivity index is 2.79. The number of Topliss-reactive ketones (excluding diaryl/α,β-unsaturated/α-hetero) is 2. The number of carbonyl (C=O) groups excluding carboxylic acids is 2. The number of alkyl halides is 3. The molecule has 0 aliphatic heterocycles. The van der Waals surface area contributed by atoms with Gasteiger partial charge in [-0.3, -0.25) is 9.59 Å². The molecule has 0 heterocycles. The van der Waals surface area contributed by atoms with Gasteiger partial charge >= 0.3 is 0 Å². The maximum Gasteiger partial charge on any atom is 0.194 e. The summed E-state index contributed by atoms with van der Waals surface area (Å²) in [6.45, 7) is 1.96. The van der Waals surface area contributed by atoms with Crippen LogP contribution >= 0.6 is 34.8 Å². The molecule has 0 aliphatic rings. The molecule has 0 radical (unpaired) electrons. The summed E-state index contributed by atoms with van der Waals surface area (Å²) in [4.78, 5) is 24.1. The first-order chi connectivity index (χ1) is 8.90. The first-order valence-electron chi connectivity index (χ1n) is 6.05. The average Bonchev–Trinajstić information content (AvgIpc) is 2.43. The fraction of sp³-hybridized carbons (Fsp3) is 0.429. The topological polar surface area (TPSA) is 34.1 Å². The van der Waals surface area contributed by atoms with Crippen molar-refractivity contribution in [1.29, 1.82) is 0 Å². The van der Waals surface area contributed by atoms with Crippen LogP contribution in [0.4, 0.5) is 0 Å². The van der Waals surface area contributed by atoms with E-state index in [1.54, 1.807) is 30.3 Å². The van der Waals surface area contributed by atoms with E-state index in [-0.39, 0.29) is 6.42 Å². The summed E-state index contributed by atoms with van der Waals surface area (Å²) in [7, 11) is 0. The molecule has 1 atom stereocenters. The summed E-state index contributed by atoms with van der Waals surface area (Å²) in [5.41, 5.74) is 0.371. The number of rotatable bonds is 7. The lowest BCUT2D eigenvalue weighted by molar-refractivity contribution is -0.118. The smallest absolute Gasteiger partial charge is 0.194 e. The molecule has 0 saturated carbocycles. The van der Waals surface area contributed by atoms with Crippen molar-refractivity contribution in [3.8, 4) is 0 Å².